The lowest BCUT2D eigenvalue weighted by molar-refractivity contribution is 0.102. The maximum absolute atomic E-state index is 12.3. The van der Waals surface area contributed by atoms with Crippen LogP contribution in [-0.4, -0.2) is 25.7 Å². The first-order valence-corrected chi connectivity index (χ1v) is 8.20. The van der Waals surface area contributed by atoms with Crippen molar-refractivity contribution in [3.63, 3.8) is 0 Å². The highest BCUT2D eigenvalue weighted by Gasteiger charge is 2.13. The molecule has 0 aromatic heterocycles. The van der Waals surface area contributed by atoms with Crippen molar-refractivity contribution in [2.45, 2.75) is 19.8 Å². The van der Waals surface area contributed by atoms with Crippen LogP contribution >= 0.6 is 0 Å². The van der Waals surface area contributed by atoms with Crippen LogP contribution in [0.2, 0.25) is 0 Å². The van der Waals surface area contributed by atoms with Crippen LogP contribution in [0.3, 0.4) is 0 Å². The summed E-state index contributed by atoms with van der Waals surface area (Å²) in [6.07, 6.45) is 2.11. The Labute approximate surface area is 141 Å². The van der Waals surface area contributed by atoms with Crippen molar-refractivity contribution >= 4 is 11.6 Å². The lowest BCUT2D eigenvalue weighted by atomic mass is 10.2. The average molecular weight is 327 g/mol. The first-order chi connectivity index (χ1) is 11.8. The van der Waals surface area contributed by atoms with E-state index in [2.05, 4.69) is 12.2 Å². The number of nitrogens with one attached hydrogen (secondary N) is 1. The van der Waals surface area contributed by atoms with E-state index in [1.54, 1.807) is 30.3 Å². The minimum atomic E-state index is -0.174. The molecule has 0 fully saturated rings. The highest BCUT2D eigenvalue weighted by molar-refractivity contribution is 6.04. The number of hydrogen-bond acceptors (Lipinski definition) is 4. The summed E-state index contributed by atoms with van der Waals surface area (Å²) in [6.45, 7) is 3.88. The molecule has 24 heavy (non-hydrogen) atoms. The molecule has 1 N–H and O–H groups in total. The molecule has 3 rings (SSSR count). The molecule has 0 aliphatic carbocycles. The molecule has 1 aliphatic rings. The van der Waals surface area contributed by atoms with E-state index in [1.807, 2.05) is 12.1 Å². The summed E-state index contributed by atoms with van der Waals surface area (Å²) in [6, 6.07) is 12.5. The first kappa shape index (κ1) is 16.2. The SMILES string of the molecule is CCCCOc1ccc(C(=O)Nc2ccc3c(c2)OCCO3)cc1. The molecule has 1 amide bonds. The second kappa shape index (κ2) is 7.73. The Kier molecular flexibility index (Phi) is 5.21. The second-order valence-corrected chi connectivity index (χ2v) is 5.54. The van der Waals surface area contributed by atoms with E-state index >= 15 is 0 Å². The van der Waals surface area contributed by atoms with Crippen molar-refractivity contribution in [1.82, 2.24) is 0 Å². The molecule has 1 heterocycles. The smallest absolute Gasteiger partial charge is 0.255 e. The van der Waals surface area contributed by atoms with Gasteiger partial charge < -0.3 is 19.5 Å². The number of ether oxygens (including phenoxy) is 3. The van der Waals surface area contributed by atoms with Crippen molar-refractivity contribution < 1.29 is 19.0 Å². The van der Waals surface area contributed by atoms with E-state index in [9.17, 15) is 4.79 Å². The molecule has 0 unspecified atom stereocenters. The summed E-state index contributed by atoms with van der Waals surface area (Å²) < 4.78 is 16.6. The van der Waals surface area contributed by atoms with Crippen LogP contribution in [-0.2, 0) is 0 Å². The average Bonchev–Trinajstić information content (AvgIpc) is 2.62. The predicted molar refractivity (Wildman–Crippen MR) is 92.2 cm³/mol. The van der Waals surface area contributed by atoms with Gasteiger partial charge in [0.15, 0.2) is 11.5 Å². The summed E-state index contributed by atoms with van der Waals surface area (Å²) in [5.41, 5.74) is 1.25. The molecule has 126 valence electrons. The Morgan fingerprint density at radius 2 is 1.83 bits per heavy atom. The van der Waals surface area contributed by atoms with E-state index in [1.165, 1.54) is 0 Å². The number of hydrogen-bond donors (Lipinski definition) is 1. The van der Waals surface area contributed by atoms with Crippen molar-refractivity contribution in [2.75, 3.05) is 25.1 Å². The summed E-state index contributed by atoms with van der Waals surface area (Å²) in [5, 5.41) is 2.86. The number of unbranched alkanes of at least 4 members (excludes halogenated alkanes) is 1. The Balaban J connectivity index is 1.62. The van der Waals surface area contributed by atoms with Gasteiger partial charge in [-0.1, -0.05) is 13.3 Å². The van der Waals surface area contributed by atoms with E-state index in [-0.39, 0.29) is 5.91 Å². The Bertz CT molecular complexity index is 697. The van der Waals surface area contributed by atoms with Crippen LogP contribution in [0.5, 0.6) is 17.2 Å². The Morgan fingerprint density at radius 3 is 2.58 bits per heavy atom. The van der Waals surface area contributed by atoms with Crippen LogP contribution in [0.4, 0.5) is 5.69 Å². The molecule has 0 saturated heterocycles. The van der Waals surface area contributed by atoms with E-state index in [0.717, 1.165) is 18.6 Å². The van der Waals surface area contributed by atoms with E-state index in [4.69, 9.17) is 14.2 Å². The minimum absolute atomic E-state index is 0.174. The maximum atomic E-state index is 12.3. The van der Waals surface area contributed by atoms with Crippen LogP contribution in [0, 0.1) is 0 Å². The lowest BCUT2D eigenvalue weighted by Gasteiger charge is -2.19. The van der Waals surface area contributed by atoms with Crippen LogP contribution in [0.25, 0.3) is 0 Å². The van der Waals surface area contributed by atoms with Gasteiger partial charge in [0.2, 0.25) is 0 Å². The normalized spacial score (nSPS) is 12.5. The van der Waals surface area contributed by atoms with Gasteiger partial charge in [-0.25, -0.2) is 0 Å². The molecule has 0 atom stereocenters. The van der Waals surface area contributed by atoms with Crippen LogP contribution in [0.15, 0.2) is 42.5 Å². The van der Waals surface area contributed by atoms with Crippen LogP contribution in [0.1, 0.15) is 30.1 Å². The highest BCUT2D eigenvalue weighted by Crippen LogP contribution is 2.32. The van der Waals surface area contributed by atoms with Gasteiger partial charge in [0, 0.05) is 17.3 Å². The number of anilines is 1. The predicted octanol–water partition coefficient (Wildman–Crippen LogP) is 3.89. The quantitative estimate of drug-likeness (QED) is 0.818. The molecule has 2 aromatic carbocycles. The van der Waals surface area contributed by atoms with Crippen molar-refractivity contribution in [3.8, 4) is 17.2 Å². The molecular weight excluding hydrogens is 306 g/mol. The van der Waals surface area contributed by atoms with Gasteiger partial charge in [-0.2, -0.15) is 0 Å². The number of rotatable bonds is 6. The number of carbonyl (C=O) groups is 1. The fourth-order valence-corrected chi connectivity index (χ4v) is 2.36. The summed E-state index contributed by atoms with van der Waals surface area (Å²) in [7, 11) is 0. The van der Waals surface area contributed by atoms with Gasteiger partial charge in [0.1, 0.15) is 19.0 Å². The molecule has 0 spiro atoms. The van der Waals surface area contributed by atoms with Crippen molar-refractivity contribution in [3.05, 3.63) is 48.0 Å². The standard InChI is InChI=1S/C19H21NO4/c1-2-3-10-22-16-7-4-14(5-8-16)19(21)20-15-6-9-17-18(13-15)24-12-11-23-17/h4-9,13H,2-3,10-12H2,1H3,(H,20,21). The zero-order valence-electron chi connectivity index (χ0n) is 13.7. The van der Waals surface area contributed by atoms with Gasteiger partial charge >= 0.3 is 0 Å². The molecule has 0 bridgehead atoms. The van der Waals surface area contributed by atoms with E-state index < -0.39 is 0 Å². The molecule has 2 aromatic rings. The number of amides is 1. The van der Waals surface area contributed by atoms with Gasteiger partial charge in [-0.05, 0) is 42.8 Å². The summed E-state index contributed by atoms with van der Waals surface area (Å²) in [5.74, 6) is 1.96. The monoisotopic (exact) mass is 327 g/mol. The topological polar surface area (TPSA) is 56.8 Å². The van der Waals surface area contributed by atoms with E-state index in [0.29, 0.717) is 42.6 Å². The lowest BCUT2D eigenvalue weighted by Crippen LogP contribution is -2.16. The zero-order chi connectivity index (χ0) is 16.8. The number of benzene rings is 2. The van der Waals surface area contributed by atoms with Crippen molar-refractivity contribution in [2.24, 2.45) is 0 Å². The molecule has 5 nitrogen and oxygen atoms in total. The van der Waals surface area contributed by atoms with Crippen molar-refractivity contribution in [1.29, 1.82) is 0 Å². The molecule has 1 aliphatic heterocycles. The molecule has 0 radical (unpaired) electrons. The number of fused-ring (bicyclic) bond motifs is 1. The van der Waals surface area contributed by atoms with Gasteiger partial charge in [-0.3, -0.25) is 4.79 Å². The maximum Gasteiger partial charge on any atom is 0.255 e. The Morgan fingerprint density at radius 1 is 1.08 bits per heavy atom. The third kappa shape index (κ3) is 3.98. The highest BCUT2D eigenvalue weighted by atomic mass is 16.6. The third-order valence-corrected chi connectivity index (χ3v) is 3.68. The number of carbonyl (C=O) groups excluding carboxylic acids is 1. The van der Waals surface area contributed by atoms with Gasteiger partial charge in [0.25, 0.3) is 5.91 Å². The van der Waals surface area contributed by atoms with Crippen LogP contribution < -0.4 is 19.5 Å². The second-order valence-electron chi connectivity index (χ2n) is 5.54. The zero-order valence-corrected chi connectivity index (χ0v) is 13.7. The third-order valence-electron chi connectivity index (χ3n) is 3.68. The van der Waals surface area contributed by atoms with Gasteiger partial charge in [-0.15, -0.1) is 0 Å². The first-order valence-electron chi connectivity index (χ1n) is 8.20. The largest absolute Gasteiger partial charge is 0.494 e. The molecular formula is C19H21NO4. The summed E-state index contributed by atoms with van der Waals surface area (Å²) >= 11 is 0. The fraction of sp³-hybridized carbons (Fsp3) is 0.316. The summed E-state index contributed by atoms with van der Waals surface area (Å²) in [4.78, 5) is 12.3. The minimum Gasteiger partial charge on any atom is -0.494 e. The molecule has 5 heteroatoms. The Hall–Kier alpha value is -2.69. The van der Waals surface area contributed by atoms with Gasteiger partial charge in [0.05, 0.1) is 6.61 Å². The molecule has 0 saturated carbocycles. The fourth-order valence-electron chi connectivity index (χ4n) is 2.36.